The lowest BCUT2D eigenvalue weighted by atomic mass is 9.75. The molecular formula is C22H18BrN3O3. The van der Waals surface area contributed by atoms with Gasteiger partial charge in [0.25, 0.3) is 0 Å². The van der Waals surface area contributed by atoms with E-state index in [0.29, 0.717) is 12.2 Å². The van der Waals surface area contributed by atoms with E-state index in [2.05, 4.69) is 26.1 Å². The van der Waals surface area contributed by atoms with Crippen molar-refractivity contribution < 1.29 is 14.4 Å². The van der Waals surface area contributed by atoms with Crippen molar-refractivity contribution in [3.63, 3.8) is 0 Å². The van der Waals surface area contributed by atoms with E-state index in [1.807, 2.05) is 36.4 Å². The summed E-state index contributed by atoms with van der Waals surface area (Å²) in [6, 6.07) is 14.6. The van der Waals surface area contributed by atoms with Gasteiger partial charge >= 0.3 is 0 Å². The molecule has 0 unspecified atom stereocenters. The average molecular weight is 452 g/mol. The predicted molar refractivity (Wildman–Crippen MR) is 110 cm³/mol. The molecule has 3 amide bonds. The van der Waals surface area contributed by atoms with Crippen molar-refractivity contribution >= 4 is 45.0 Å². The number of hydrogen-bond donors (Lipinski definition) is 1. The highest BCUT2D eigenvalue weighted by Gasteiger charge is 2.74. The molecule has 0 bridgehead atoms. The number of halogens is 1. The summed E-state index contributed by atoms with van der Waals surface area (Å²) < 4.78 is 0.850. The lowest BCUT2D eigenvalue weighted by Crippen LogP contribution is -2.54. The van der Waals surface area contributed by atoms with E-state index in [1.165, 1.54) is 4.90 Å². The summed E-state index contributed by atoms with van der Waals surface area (Å²) in [5, 5.41) is 2.99. The maximum atomic E-state index is 13.7. The first-order valence-electron chi connectivity index (χ1n) is 9.86. The van der Waals surface area contributed by atoms with Crippen LogP contribution in [0, 0.1) is 11.8 Å². The number of amides is 3. The fourth-order valence-electron chi connectivity index (χ4n) is 6.01. The van der Waals surface area contributed by atoms with Gasteiger partial charge < -0.3 is 5.32 Å². The second-order valence-electron chi connectivity index (χ2n) is 8.16. The van der Waals surface area contributed by atoms with Crippen molar-refractivity contribution in [1.82, 2.24) is 4.90 Å². The molecule has 3 saturated heterocycles. The molecule has 29 heavy (non-hydrogen) atoms. The zero-order valence-electron chi connectivity index (χ0n) is 15.5. The minimum atomic E-state index is -1.12. The van der Waals surface area contributed by atoms with Crippen molar-refractivity contribution in [3.05, 3.63) is 58.6 Å². The molecule has 146 valence electrons. The van der Waals surface area contributed by atoms with E-state index >= 15 is 0 Å². The zero-order valence-corrected chi connectivity index (χ0v) is 17.1. The van der Waals surface area contributed by atoms with Crippen LogP contribution >= 0.6 is 15.9 Å². The average Bonchev–Trinajstić information content (AvgIpc) is 3.41. The summed E-state index contributed by atoms with van der Waals surface area (Å²) in [6.07, 6.45) is 1.74. The fourth-order valence-corrected chi connectivity index (χ4v) is 6.37. The Labute approximate surface area is 176 Å². The summed E-state index contributed by atoms with van der Waals surface area (Å²) in [5.41, 5.74) is 0.973. The zero-order chi connectivity index (χ0) is 19.9. The first-order chi connectivity index (χ1) is 14.0. The summed E-state index contributed by atoms with van der Waals surface area (Å²) in [5.74, 6) is -1.86. The molecule has 7 heteroatoms. The van der Waals surface area contributed by atoms with Gasteiger partial charge in [0.1, 0.15) is 5.54 Å². The fraction of sp³-hybridized carbons (Fsp3) is 0.318. The van der Waals surface area contributed by atoms with Gasteiger partial charge in [0, 0.05) is 21.8 Å². The summed E-state index contributed by atoms with van der Waals surface area (Å²) in [7, 11) is 0. The predicted octanol–water partition coefficient (Wildman–Crippen LogP) is 2.88. The van der Waals surface area contributed by atoms with E-state index < -0.39 is 17.4 Å². The van der Waals surface area contributed by atoms with Crippen molar-refractivity contribution in [3.8, 4) is 0 Å². The van der Waals surface area contributed by atoms with E-state index in [-0.39, 0.29) is 23.8 Å². The molecule has 4 atom stereocenters. The van der Waals surface area contributed by atoms with Crippen LogP contribution in [0.5, 0.6) is 0 Å². The molecule has 0 radical (unpaired) electrons. The normalized spacial score (nSPS) is 32.7. The molecule has 1 N–H and O–H groups in total. The standard InChI is InChI=1S/C22H18BrN3O3/c23-12-8-9-15-14(11-12)22(21(29)24-15)18-17(16-7-4-10-25(16)22)19(27)26(20(18)28)13-5-2-1-3-6-13/h1-3,5-6,8-9,11,16-18H,4,7,10H2,(H,24,29)/t16-,17-,18+,22-/m1/s1. The second kappa shape index (κ2) is 5.77. The quantitative estimate of drug-likeness (QED) is 0.676. The Morgan fingerprint density at radius 2 is 1.83 bits per heavy atom. The Morgan fingerprint density at radius 3 is 2.62 bits per heavy atom. The summed E-state index contributed by atoms with van der Waals surface area (Å²) in [6.45, 7) is 0.711. The number of fused-ring (bicyclic) bond motifs is 7. The number of hydrogen-bond acceptors (Lipinski definition) is 4. The van der Waals surface area contributed by atoms with Gasteiger partial charge in [-0.25, -0.2) is 4.90 Å². The Hall–Kier alpha value is -2.51. The van der Waals surface area contributed by atoms with Crippen molar-refractivity contribution in [1.29, 1.82) is 0 Å². The van der Waals surface area contributed by atoms with Gasteiger partial charge in [0.15, 0.2) is 0 Å². The van der Waals surface area contributed by atoms with Crippen LogP contribution in [-0.4, -0.2) is 35.2 Å². The Morgan fingerprint density at radius 1 is 1.03 bits per heavy atom. The maximum Gasteiger partial charge on any atom is 0.250 e. The molecule has 3 fully saturated rings. The highest BCUT2D eigenvalue weighted by atomic mass is 79.9. The topological polar surface area (TPSA) is 69.7 Å². The van der Waals surface area contributed by atoms with Gasteiger partial charge in [-0.15, -0.1) is 0 Å². The highest BCUT2D eigenvalue weighted by molar-refractivity contribution is 9.10. The van der Waals surface area contributed by atoms with Gasteiger partial charge in [0.05, 0.1) is 17.5 Å². The molecule has 0 aromatic heterocycles. The third-order valence-corrected chi connectivity index (χ3v) is 7.46. The number of carbonyl (C=O) groups excluding carboxylic acids is 3. The van der Waals surface area contributed by atoms with Crippen LogP contribution in [0.2, 0.25) is 0 Å². The SMILES string of the molecule is O=C1[C@@H]2[C@H]3CCCN3[C@@]3(C(=O)Nc4ccc(Br)cc43)[C@@H]2C(=O)N1c1ccccc1. The molecule has 6 rings (SSSR count). The summed E-state index contributed by atoms with van der Waals surface area (Å²) in [4.78, 5) is 44.2. The molecular weight excluding hydrogens is 434 g/mol. The van der Waals surface area contributed by atoms with E-state index in [0.717, 1.165) is 28.6 Å². The van der Waals surface area contributed by atoms with Gasteiger partial charge in [-0.1, -0.05) is 34.1 Å². The van der Waals surface area contributed by atoms with Crippen molar-refractivity contribution in [2.24, 2.45) is 11.8 Å². The van der Waals surface area contributed by atoms with Crippen LogP contribution in [0.25, 0.3) is 0 Å². The summed E-state index contributed by atoms with van der Waals surface area (Å²) >= 11 is 3.52. The minimum Gasteiger partial charge on any atom is -0.324 e. The molecule has 0 saturated carbocycles. The lowest BCUT2D eigenvalue weighted by Gasteiger charge is -2.36. The van der Waals surface area contributed by atoms with Crippen molar-refractivity contribution in [2.75, 3.05) is 16.8 Å². The number of imide groups is 1. The smallest absolute Gasteiger partial charge is 0.250 e. The third-order valence-electron chi connectivity index (χ3n) is 6.97. The van der Waals surface area contributed by atoms with Crippen LogP contribution in [0.15, 0.2) is 53.0 Å². The highest BCUT2D eigenvalue weighted by Crippen LogP contribution is 2.60. The number of anilines is 2. The molecule has 4 aliphatic rings. The largest absolute Gasteiger partial charge is 0.324 e. The number of nitrogens with zero attached hydrogens (tertiary/aromatic N) is 2. The number of rotatable bonds is 1. The van der Waals surface area contributed by atoms with Crippen LogP contribution in [0.3, 0.4) is 0 Å². The molecule has 4 aliphatic heterocycles. The van der Waals surface area contributed by atoms with Gasteiger partial charge in [0.2, 0.25) is 17.7 Å². The van der Waals surface area contributed by atoms with Crippen LogP contribution < -0.4 is 10.2 Å². The van der Waals surface area contributed by atoms with Crippen LogP contribution in [-0.2, 0) is 19.9 Å². The number of para-hydroxylation sites is 1. The molecule has 0 aliphatic carbocycles. The molecule has 4 heterocycles. The second-order valence-corrected chi connectivity index (χ2v) is 9.08. The van der Waals surface area contributed by atoms with E-state index in [4.69, 9.17) is 0 Å². The Kier molecular flexibility index (Phi) is 3.45. The van der Waals surface area contributed by atoms with Gasteiger partial charge in [-0.2, -0.15) is 0 Å². The molecule has 1 spiro atoms. The van der Waals surface area contributed by atoms with E-state index in [1.54, 1.807) is 12.1 Å². The Bertz CT molecular complexity index is 1090. The van der Waals surface area contributed by atoms with Gasteiger partial charge in [-0.3, -0.25) is 19.3 Å². The third kappa shape index (κ3) is 1.97. The van der Waals surface area contributed by atoms with Gasteiger partial charge in [-0.05, 0) is 49.7 Å². The maximum absolute atomic E-state index is 13.7. The minimum absolute atomic E-state index is 0.0964. The number of carbonyl (C=O) groups is 3. The molecule has 6 nitrogen and oxygen atoms in total. The molecule has 2 aromatic carbocycles. The Balaban J connectivity index is 1.58. The number of nitrogens with one attached hydrogen (secondary N) is 1. The molecule has 2 aromatic rings. The van der Waals surface area contributed by atoms with Crippen LogP contribution in [0.4, 0.5) is 11.4 Å². The van der Waals surface area contributed by atoms with Crippen molar-refractivity contribution in [2.45, 2.75) is 24.4 Å². The van der Waals surface area contributed by atoms with E-state index in [9.17, 15) is 14.4 Å². The van der Waals surface area contributed by atoms with Crippen LogP contribution in [0.1, 0.15) is 18.4 Å². The number of benzene rings is 2. The monoisotopic (exact) mass is 451 g/mol. The first kappa shape index (κ1) is 17.4. The first-order valence-corrected chi connectivity index (χ1v) is 10.7. The lowest BCUT2D eigenvalue weighted by molar-refractivity contribution is -0.135.